The lowest BCUT2D eigenvalue weighted by Gasteiger charge is -2.41. The van der Waals surface area contributed by atoms with Crippen molar-refractivity contribution in [2.75, 3.05) is 19.6 Å². The van der Waals surface area contributed by atoms with E-state index >= 15 is 0 Å². The van der Waals surface area contributed by atoms with Crippen LogP contribution in [0, 0.1) is 23.2 Å². The summed E-state index contributed by atoms with van der Waals surface area (Å²) in [7, 11) is -3.88. The normalized spacial score (nSPS) is 23.6. The number of hydrogen-bond donors (Lipinski definition) is 1. The van der Waals surface area contributed by atoms with Gasteiger partial charge in [-0.3, -0.25) is 4.79 Å². The van der Waals surface area contributed by atoms with Gasteiger partial charge in [0.15, 0.2) is 0 Å². The summed E-state index contributed by atoms with van der Waals surface area (Å²) in [5.41, 5.74) is 0.0745. The lowest BCUT2D eigenvalue weighted by molar-refractivity contribution is -0.133. The number of likely N-dealkylation sites (tertiary alicyclic amines) is 1. The van der Waals surface area contributed by atoms with Crippen LogP contribution in [0.5, 0.6) is 0 Å². The minimum atomic E-state index is -3.88. The third-order valence-electron chi connectivity index (χ3n) is 5.35. The summed E-state index contributed by atoms with van der Waals surface area (Å²) in [6, 6.07) is 7.86. The molecule has 0 spiro atoms. The fourth-order valence-electron chi connectivity index (χ4n) is 3.97. The van der Waals surface area contributed by atoms with Crippen LogP contribution in [0.3, 0.4) is 0 Å². The number of benzene rings is 1. The van der Waals surface area contributed by atoms with Crippen molar-refractivity contribution in [2.24, 2.45) is 11.8 Å². The molecule has 0 radical (unpaired) electrons. The first kappa shape index (κ1) is 17.9. The fraction of sp³-hybridized carbons (Fsp3) is 0.556. The molecule has 2 fully saturated rings. The van der Waals surface area contributed by atoms with E-state index in [4.69, 9.17) is 5.26 Å². The van der Waals surface area contributed by atoms with E-state index in [2.05, 4.69) is 4.72 Å². The van der Waals surface area contributed by atoms with E-state index in [1.807, 2.05) is 6.07 Å². The number of hydrogen-bond acceptors (Lipinski definition) is 4. The van der Waals surface area contributed by atoms with Gasteiger partial charge >= 0.3 is 0 Å². The molecule has 0 unspecified atom stereocenters. The molecule has 1 aliphatic carbocycles. The number of sulfonamides is 1. The minimum absolute atomic E-state index is 0.0745. The molecule has 1 N–H and O–H groups in total. The number of rotatable bonds is 4. The van der Waals surface area contributed by atoms with E-state index < -0.39 is 10.0 Å². The Morgan fingerprint density at radius 2 is 1.92 bits per heavy atom. The van der Waals surface area contributed by atoms with Crippen molar-refractivity contribution < 1.29 is 13.2 Å². The molecular formula is C18H23N3O3S. The first-order valence-electron chi connectivity index (χ1n) is 8.78. The van der Waals surface area contributed by atoms with Gasteiger partial charge in [-0.05, 0) is 36.8 Å². The Kier molecular flexibility index (Phi) is 5.40. The van der Waals surface area contributed by atoms with Crippen molar-refractivity contribution in [1.29, 1.82) is 5.26 Å². The number of carbonyl (C=O) groups is 1. The maximum atomic E-state index is 12.4. The van der Waals surface area contributed by atoms with Gasteiger partial charge in [0.2, 0.25) is 15.9 Å². The van der Waals surface area contributed by atoms with Crippen LogP contribution in [-0.2, 0) is 14.8 Å². The molecule has 0 bridgehead atoms. The standard InChI is InChI=1S/C18H23N3O3S/c19-11-15-6-3-4-8-17(15)25(23,24)20-12-18(22)21-10-9-14-5-1-2-7-16(14)13-21/h3-4,6,8,14,16,20H,1-2,5,7,9-10,12-13H2/t14-,16-/m1/s1. The second kappa shape index (κ2) is 7.54. The van der Waals surface area contributed by atoms with Gasteiger partial charge in [-0.25, -0.2) is 13.1 Å². The van der Waals surface area contributed by atoms with Gasteiger partial charge in [-0.1, -0.05) is 31.4 Å². The molecule has 1 saturated carbocycles. The van der Waals surface area contributed by atoms with E-state index in [0.717, 1.165) is 25.3 Å². The number of amides is 1. The summed E-state index contributed by atoms with van der Waals surface area (Å²) in [6.07, 6.45) is 5.94. The van der Waals surface area contributed by atoms with E-state index in [0.29, 0.717) is 12.5 Å². The van der Waals surface area contributed by atoms with Crippen LogP contribution in [0.25, 0.3) is 0 Å². The molecular weight excluding hydrogens is 338 g/mol. The van der Waals surface area contributed by atoms with Gasteiger partial charge < -0.3 is 4.90 Å². The van der Waals surface area contributed by atoms with Crippen molar-refractivity contribution in [3.63, 3.8) is 0 Å². The highest BCUT2D eigenvalue weighted by molar-refractivity contribution is 7.89. The summed E-state index contributed by atoms with van der Waals surface area (Å²) < 4.78 is 27.1. The first-order chi connectivity index (χ1) is 12.0. The second-order valence-electron chi connectivity index (χ2n) is 6.87. The zero-order valence-electron chi connectivity index (χ0n) is 14.1. The Hall–Kier alpha value is -1.91. The highest BCUT2D eigenvalue weighted by Crippen LogP contribution is 2.35. The van der Waals surface area contributed by atoms with Crippen molar-refractivity contribution >= 4 is 15.9 Å². The maximum absolute atomic E-state index is 12.4. The van der Waals surface area contributed by atoms with Crippen molar-refractivity contribution in [1.82, 2.24) is 9.62 Å². The average molecular weight is 361 g/mol. The molecule has 0 aromatic heterocycles. The summed E-state index contributed by atoms with van der Waals surface area (Å²) in [5.74, 6) is 1.08. The van der Waals surface area contributed by atoms with E-state index in [9.17, 15) is 13.2 Å². The number of fused-ring (bicyclic) bond motifs is 1. The summed E-state index contributed by atoms with van der Waals surface area (Å²) >= 11 is 0. The van der Waals surface area contributed by atoms with Gasteiger partial charge in [-0.2, -0.15) is 5.26 Å². The Labute approximate surface area is 148 Å². The molecule has 1 amide bonds. The average Bonchev–Trinajstić information content (AvgIpc) is 2.65. The van der Waals surface area contributed by atoms with Crippen LogP contribution >= 0.6 is 0 Å². The van der Waals surface area contributed by atoms with Crippen LogP contribution in [0.1, 0.15) is 37.7 Å². The molecule has 1 aromatic carbocycles. The Morgan fingerprint density at radius 3 is 2.68 bits per heavy atom. The minimum Gasteiger partial charge on any atom is -0.341 e. The molecule has 134 valence electrons. The zero-order valence-corrected chi connectivity index (χ0v) is 15.0. The second-order valence-corrected chi connectivity index (χ2v) is 8.60. The lowest BCUT2D eigenvalue weighted by Crippen LogP contribution is -2.48. The number of carbonyl (C=O) groups excluding carboxylic acids is 1. The van der Waals surface area contributed by atoms with Crippen LogP contribution in [0.4, 0.5) is 0 Å². The highest BCUT2D eigenvalue weighted by Gasteiger charge is 2.33. The van der Waals surface area contributed by atoms with E-state index in [1.165, 1.54) is 31.4 Å². The fourth-order valence-corrected chi connectivity index (χ4v) is 5.10. The molecule has 1 aliphatic heterocycles. The topological polar surface area (TPSA) is 90.3 Å². The van der Waals surface area contributed by atoms with Crippen molar-refractivity contribution in [3.8, 4) is 6.07 Å². The smallest absolute Gasteiger partial charge is 0.242 e. The van der Waals surface area contributed by atoms with Gasteiger partial charge in [0.1, 0.15) is 6.07 Å². The van der Waals surface area contributed by atoms with Crippen LogP contribution in [-0.4, -0.2) is 38.9 Å². The highest BCUT2D eigenvalue weighted by atomic mass is 32.2. The molecule has 1 saturated heterocycles. The summed E-state index contributed by atoms with van der Waals surface area (Å²) in [5, 5.41) is 9.06. The first-order valence-corrected chi connectivity index (χ1v) is 10.3. The van der Waals surface area contributed by atoms with Crippen LogP contribution < -0.4 is 4.72 Å². The van der Waals surface area contributed by atoms with Crippen LogP contribution in [0.2, 0.25) is 0 Å². The predicted octanol–water partition coefficient (Wildman–Crippen LogP) is 1.88. The van der Waals surface area contributed by atoms with Crippen molar-refractivity contribution in [3.05, 3.63) is 29.8 Å². The Bertz CT molecular complexity index is 785. The molecule has 7 heteroatoms. The van der Waals surface area contributed by atoms with Gasteiger partial charge in [-0.15, -0.1) is 0 Å². The molecule has 2 atom stereocenters. The SMILES string of the molecule is N#Cc1ccccc1S(=O)(=O)NCC(=O)N1CC[C@H]2CCCC[C@@H]2C1. The summed E-state index contributed by atoms with van der Waals surface area (Å²) in [6.45, 7) is 1.18. The third kappa shape index (κ3) is 4.02. The summed E-state index contributed by atoms with van der Waals surface area (Å²) in [4.78, 5) is 14.1. The molecule has 3 rings (SSSR count). The third-order valence-corrected chi connectivity index (χ3v) is 6.81. The Morgan fingerprint density at radius 1 is 1.20 bits per heavy atom. The number of nitrogens with zero attached hydrogens (tertiary/aromatic N) is 2. The monoisotopic (exact) mass is 361 g/mol. The van der Waals surface area contributed by atoms with E-state index in [1.54, 1.807) is 17.0 Å². The lowest BCUT2D eigenvalue weighted by atomic mass is 9.75. The van der Waals surface area contributed by atoms with Crippen LogP contribution in [0.15, 0.2) is 29.2 Å². The molecule has 1 aromatic rings. The maximum Gasteiger partial charge on any atom is 0.242 e. The number of nitrogens with one attached hydrogen (secondary N) is 1. The Balaban J connectivity index is 1.61. The molecule has 25 heavy (non-hydrogen) atoms. The quantitative estimate of drug-likeness (QED) is 0.886. The number of nitriles is 1. The molecule has 1 heterocycles. The van der Waals surface area contributed by atoms with Gasteiger partial charge in [0, 0.05) is 13.1 Å². The van der Waals surface area contributed by atoms with E-state index in [-0.39, 0.29) is 22.9 Å². The molecule has 6 nitrogen and oxygen atoms in total. The van der Waals surface area contributed by atoms with Crippen molar-refractivity contribution in [2.45, 2.75) is 37.0 Å². The number of piperidine rings is 1. The molecule has 2 aliphatic rings. The zero-order chi connectivity index (χ0) is 17.9. The largest absolute Gasteiger partial charge is 0.341 e. The van der Waals surface area contributed by atoms with Gasteiger partial charge in [0.05, 0.1) is 17.0 Å². The van der Waals surface area contributed by atoms with Gasteiger partial charge in [0.25, 0.3) is 0 Å². The predicted molar refractivity (Wildman–Crippen MR) is 93.0 cm³/mol.